The number of carbonyl (C=O) groups excluding carboxylic acids is 1. The lowest BCUT2D eigenvalue weighted by Crippen LogP contribution is -2.48. The van der Waals surface area contributed by atoms with Gasteiger partial charge in [-0.2, -0.15) is 0 Å². The molecule has 4 rings (SSSR count). The molecule has 1 aliphatic heterocycles. The summed E-state index contributed by atoms with van der Waals surface area (Å²) < 4.78 is 5.66. The van der Waals surface area contributed by atoms with E-state index in [9.17, 15) is 4.79 Å². The van der Waals surface area contributed by atoms with E-state index in [0.717, 1.165) is 50.2 Å². The standard InChI is InChI=1S/C31H40ClN5O2/c1-5-39-28-10-8-26(9-11-28)37(21-25-7-6-15-33-20-25)27-13-17-36(18-14-27)23(3)12-16-34-31(38)30-22(2)19-29(32)35-24(30)4/h6-11,15,19-20,23,27H,5,12-14,16-18,21H2,1-4H3,(H,34,38). The number of aryl methyl sites for hydroxylation is 2. The van der Waals surface area contributed by atoms with Crippen LogP contribution in [-0.2, 0) is 6.54 Å². The maximum Gasteiger partial charge on any atom is 0.253 e. The first-order valence-corrected chi connectivity index (χ1v) is 14.3. The normalized spacial score (nSPS) is 15.1. The minimum Gasteiger partial charge on any atom is -0.494 e. The molecule has 1 aromatic carbocycles. The topological polar surface area (TPSA) is 70.6 Å². The number of halogens is 1. The Kier molecular flexibility index (Phi) is 10.2. The molecule has 8 heteroatoms. The first kappa shape index (κ1) is 28.8. The fraction of sp³-hybridized carbons (Fsp3) is 0.452. The number of nitrogens with zero attached hydrogens (tertiary/aromatic N) is 4. The van der Waals surface area contributed by atoms with E-state index in [4.69, 9.17) is 16.3 Å². The van der Waals surface area contributed by atoms with Crippen LogP contribution in [-0.4, -0.2) is 59.1 Å². The number of amides is 1. The van der Waals surface area contributed by atoms with Crippen LogP contribution in [0.4, 0.5) is 5.69 Å². The molecule has 0 radical (unpaired) electrons. The van der Waals surface area contributed by atoms with Gasteiger partial charge in [0.1, 0.15) is 10.9 Å². The highest BCUT2D eigenvalue weighted by Gasteiger charge is 2.27. The Morgan fingerprint density at radius 1 is 1.21 bits per heavy atom. The van der Waals surface area contributed by atoms with Gasteiger partial charge in [-0.3, -0.25) is 9.78 Å². The van der Waals surface area contributed by atoms with E-state index in [2.05, 4.69) is 62.3 Å². The highest BCUT2D eigenvalue weighted by molar-refractivity contribution is 6.29. The zero-order valence-electron chi connectivity index (χ0n) is 23.5. The van der Waals surface area contributed by atoms with Gasteiger partial charge in [0.25, 0.3) is 5.91 Å². The number of likely N-dealkylation sites (tertiary alicyclic amines) is 1. The average molecular weight is 550 g/mol. The summed E-state index contributed by atoms with van der Waals surface area (Å²) in [6, 6.07) is 15.2. The summed E-state index contributed by atoms with van der Waals surface area (Å²) in [4.78, 5) is 26.4. The Labute approximate surface area is 237 Å². The van der Waals surface area contributed by atoms with E-state index >= 15 is 0 Å². The molecule has 3 heterocycles. The molecule has 1 aliphatic rings. The van der Waals surface area contributed by atoms with Crippen LogP contribution >= 0.6 is 11.6 Å². The third-order valence-electron chi connectivity index (χ3n) is 7.56. The molecule has 7 nitrogen and oxygen atoms in total. The molecule has 2 aromatic heterocycles. The summed E-state index contributed by atoms with van der Waals surface area (Å²) in [5.41, 5.74) is 4.55. The highest BCUT2D eigenvalue weighted by Crippen LogP contribution is 2.28. The Morgan fingerprint density at radius 3 is 2.59 bits per heavy atom. The molecule has 3 aromatic rings. The van der Waals surface area contributed by atoms with Gasteiger partial charge in [-0.05, 0) is 94.5 Å². The fourth-order valence-corrected chi connectivity index (χ4v) is 5.74. The van der Waals surface area contributed by atoms with Gasteiger partial charge in [-0.1, -0.05) is 17.7 Å². The summed E-state index contributed by atoms with van der Waals surface area (Å²) in [6.45, 7) is 12.2. The van der Waals surface area contributed by atoms with E-state index in [0.29, 0.717) is 41.6 Å². The van der Waals surface area contributed by atoms with Gasteiger partial charge in [0.2, 0.25) is 0 Å². The quantitative estimate of drug-likeness (QED) is 0.304. The molecular formula is C31H40ClN5O2. The lowest BCUT2D eigenvalue weighted by atomic mass is 9.99. The van der Waals surface area contributed by atoms with Gasteiger partial charge in [0.05, 0.1) is 17.9 Å². The zero-order valence-corrected chi connectivity index (χ0v) is 24.2. The molecule has 1 fully saturated rings. The summed E-state index contributed by atoms with van der Waals surface area (Å²) in [7, 11) is 0. The number of nitrogens with one attached hydrogen (secondary N) is 1. The molecule has 0 saturated carbocycles. The maximum absolute atomic E-state index is 12.8. The lowest BCUT2D eigenvalue weighted by molar-refractivity contribution is 0.0943. The summed E-state index contributed by atoms with van der Waals surface area (Å²) in [5.74, 6) is 0.817. The Balaban J connectivity index is 1.32. The minimum atomic E-state index is -0.0820. The minimum absolute atomic E-state index is 0.0820. The van der Waals surface area contributed by atoms with E-state index in [1.807, 2.05) is 39.2 Å². The third-order valence-corrected chi connectivity index (χ3v) is 7.75. The average Bonchev–Trinajstić information content (AvgIpc) is 2.92. The predicted molar refractivity (Wildman–Crippen MR) is 158 cm³/mol. The largest absolute Gasteiger partial charge is 0.494 e. The second-order valence-electron chi connectivity index (χ2n) is 10.3. The van der Waals surface area contributed by atoms with Crippen LogP contribution in [0, 0.1) is 13.8 Å². The molecule has 1 atom stereocenters. The van der Waals surface area contributed by atoms with Crippen LogP contribution < -0.4 is 15.0 Å². The van der Waals surface area contributed by atoms with Gasteiger partial charge in [0, 0.05) is 56.3 Å². The number of hydrogen-bond acceptors (Lipinski definition) is 6. The second-order valence-corrected chi connectivity index (χ2v) is 10.7. The van der Waals surface area contributed by atoms with Gasteiger partial charge >= 0.3 is 0 Å². The number of benzene rings is 1. The molecule has 0 spiro atoms. The zero-order chi connectivity index (χ0) is 27.8. The highest BCUT2D eigenvalue weighted by atomic mass is 35.5. The van der Waals surface area contributed by atoms with Gasteiger partial charge in [-0.15, -0.1) is 0 Å². The van der Waals surface area contributed by atoms with Crippen LogP contribution in [0.15, 0.2) is 54.9 Å². The Morgan fingerprint density at radius 2 is 1.95 bits per heavy atom. The van der Waals surface area contributed by atoms with Crippen molar-refractivity contribution in [2.24, 2.45) is 0 Å². The molecule has 1 saturated heterocycles. The van der Waals surface area contributed by atoms with Crippen LogP contribution in [0.2, 0.25) is 5.15 Å². The molecule has 1 amide bonds. The SMILES string of the molecule is CCOc1ccc(N(Cc2cccnc2)C2CCN(C(C)CCNC(=O)c3c(C)cc(Cl)nc3C)CC2)cc1. The Hall–Kier alpha value is -3.16. The van der Waals surface area contributed by atoms with Gasteiger partial charge in [-0.25, -0.2) is 4.98 Å². The van der Waals surface area contributed by atoms with Crippen molar-refractivity contribution >= 4 is 23.2 Å². The molecular weight excluding hydrogens is 510 g/mol. The number of pyridine rings is 2. The van der Waals surface area contributed by atoms with Crippen LogP contribution in [0.5, 0.6) is 5.75 Å². The molecule has 39 heavy (non-hydrogen) atoms. The van der Waals surface area contributed by atoms with Crippen LogP contribution in [0.25, 0.3) is 0 Å². The fourth-order valence-electron chi connectivity index (χ4n) is 5.45. The first-order valence-electron chi connectivity index (χ1n) is 13.9. The van der Waals surface area contributed by atoms with Crippen molar-refractivity contribution in [3.63, 3.8) is 0 Å². The number of piperidine rings is 1. The van der Waals surface area contributed by atoms with Crippen LogP contribution in [0.3, 0.4) is 0 Å². The number of hydrogen-bond donors (Lipinski definition) is 1. The monoisotopic (exact) mass is 549 g/mol. The Bertz CT molecular complexity index is 1190. The van der Waals surface area contributed by atoms with Crippen molar-refractivity contribution in [1.82, 2.24) is 20.2 Å². The molecule has 1 unspecified atom stereocenters. The van der Waals surface area contributed by atoms with Gasteiger partial charge in [0.15, 0.2) is 0 Å². The lowest BCUT2D eigenvalue weighted by Gasteiger charge is -2.42. The van der Waals surface area contributed by atoms with Crippen LogP contribution in [0.1, 0.15) is 60.3 Å². The van der Waals surface area contributed by atoms with Crippen molar-refractivity contribution in [3.05, 3.63) is 82.4 Å². The molecule has 1 N–H and O–H groups in total. The summed E-state index contributed by atoms with van der Waals surface area (Å²) >= 11 is 6.02. The van der Waals surface area contributed by atoms with E-state index in [1.165, 1.54) is 11.3 Å². The second kappa shape index (κ2) is 13.8. The summed E-state index contributed by atoms with van der Waals surface area (Å²) in [5, 5.41) is 3.50. The number of anilines is 1. The maximum atomic E-state index is 12.8. The molecule has 0 bridgehead atoms. The number of carbonyl (C=O) groups is 1. The van der Waals surface area contributed by atoms with Crippen molar-refractivity contribution < 1.29 is 9.53 Å². The van der Waals surface area contributed by atoms with E-state index in [-0.39, 0.29) is 5.91 Å². The number of rotatable bonds is 11. The van der Waals surface area contributed by atoms with Gasteiger partial charge < -0.3 is 19.9 Å². The number of ether oxygens (including phenoxy) is 1. The van der Waals surface area contributed by atoms with Crippen molar-refractivity contribution in [2.75, 3.05) is 31.1 Å². The van der Waals surface area contributed by atoms with Crippen molar-refractivity contribution in [2.45, 2.75) is 65.6 Å². The van der Waals surface area contributed by atoms with E-state index in [1.54, 1.807) is 6.07 Å². The summed E-state index contributed by atoms with van der Waals surface area (Å²) in [6.07, 6.45) is 6.84. The molecule has 0 aliphatic carbocycles. The predicted octanol–water partition coefficient (Wildman–Crippen LogP) is 5.83. The van der Waals surface area contributed by atoms with Crippen molar-refractivity contribution in [3.8, 4) is 5.75 Å². The number of aromatic nitrogens is 2. The van der Waals surface area contributed by atoms with E-state index < -0.39 is 0 Å². The smallest absolute Gasteiger partial charge is 0.253 e. The first-order chi connectivity index (χ1) is 18.9. The van der Waals surface area contributed by atoms with Crippen molar-refractivity contribution in [1.29, 1.82) is 0 Å². The molecule has 208 valence electrons. The third kappa shape index (κ3) is 7.70.